The summed E-state index contributed by atoms with van der Waals surface area (Å²) in [5.41, 5.74) is 1.82. The summed E-state index contributed by atoms with van der Waals surface area (Å²) >= 11 is 0. The summed E-state index contributed by atoms with van der Waals surface area (Å²) in [5, 5.41) is 2.22. The third-order valence-electron chi connectivity index (χ3n) is 8.53. The molecule has 4 aliphatic heterocycles. The Bertz CT molecular complexity index is 1690. The monoisotopic (exact) mass is 637 g/mol. The SMILES string of the molecule is O=C1CCC(N2Cc3cc(N4CCN(S(=O)(=O)c5ccc6c(c5)CN(C(=O)C(F)(F)F)CC6)CC4)c(F)cc3C2=O)C(=O)N1. The van der Waals surface area contributed by atoms with Gasteiger partial charge in [0.25, 0.3) is 5.91 Å². The van der Waals surface area contributed by atoms with E-state index in [1.807, 2.05) is 0 Å². The van der Waals surface area contributed by atoms with E-state index in [-0.39, 0.29) is 81.2 Å². The van der Waals surface area contributed by atoms with Gasteiger partial charge in [0.2, 0.25) is 21.8 Å². The molecule has 1 unspecified atom stereocenters. The highest BCUT2D eigenvalue weighted by molar-refractivity contribution is 7.89. The Morgan fingerprint density at radius 2 is 1.61 bits per heavy atom. The number of rotatable bonds is 4. The van der Waals surface area contributed by atoms with Crippen molar-refractivity contribution in [1.29, 1.82) is 0 Å². The molecule has 0 aromatic heterocycles. The summed E-state index contributed by atoms with van der Waals surface area (Å²) in [6.45, 7) is -0.178. The van der Waals surface area contributed by atoms with E-state index in [1.54, 1.807) is 11.0 Å². The van der Waals surface area contributed by atoms with Crippen molar-refractivity contribution >= 4 is 39.3 Å². The number of benzene rings is 2. The molecule has 1 N–H and O–H groups in total. The van der Waals surface area contributed by atoms with Crippen LogP contribution in [0.1, 0.15) is 39.9 Å². The van der Waals surface area contributed by atoms with Crippen LogP contribution >= 0.6 is 0 Å². The highest BCUT2D eigenvalue weighted by atomic mass is 32.2. The molecule has 4 heterocycles. The van der Waals surface area contributed by atoms with Crippen LogP contribution in [-0.4, -0.2) is 91.1 Å². The lowest BCUT2D eigenvalue weighted by molar-refractivity contribution is -0.186. The first-order valence-corrected chi connectivity index (χ1v) is 15.4. The van der Waals surface area contributed by atoms with Crippen LogP contribution in [0.25, 0.3) is 0 Å². The van der Waals surface area contributed by atoms with E-state index in [9.17, 15) is 40.8 Å². The van der Waals surface area contributed by atoms with Gasteiger partial charge in [-0.05, 0) is 53.8 Å². The van der Waals surface area contributed by atoms with E-state index in [2.05, 4.69) is 5.32 Å². The van der Waals surface area contributed by atoms with Gasteiger partial charge in [0.15, 0.2) is 0 Å². The number of sulfonamides is 1. The number of nitrogens with zero attached hydrogens (tertiary/aromatic N) is 4. The minimum absolute atomic E-state index is 0.00401. The molecule has 2 aromatic rings. The van der Waals surface area contributed by atoms with E-state index < -0.39 is 51.7 Å². The molecule has 44 heavy (non-hydrogen) atoms. The van der Waals surface area contributed by atoms with Crippen LogP contribution in [0.15, 0.2) is 35.2 Å². The number of carbonyl (C=O) groups excluding carboxylic acids is 4. The quantitative estimate of drug-likeness (QED) is 0.398. The highest BCUT2D eigenvalue weighted by Gasteiger charge is 2.44. The summed E-state index contributed by atoms with van der Waals surface area (Å²) in [7, 11) is -4.05. The average Bonchev–Trinajstić information content (AvgIpc) is 3.29. The topological polar surface area (TPSA) is 127 Å². The summed E-state index contributed by atoms with van der Waals surface area (Å²) in [6, 6.07) is 6.04. The van der Waals surface area contributed by atoms with E-state index in [0.717, 1.165) is 6.07 Å². The van der Waals surface area contributed by atoms with Crippen molar-refractivity contribution in [2.45, 2.75) is 49.5 Å². The minimum atomic E-state index is -5.03. The first-order chi connectivity index (χ1) is 20.7. The van der Waals surface area contributed by atoms with Gasteiger partial charge in [-0.15, -0.1) is 0 Å². The Labute approximate surface area is 249 Å². The van der Waals surface area contributed by atoms with Gasteiger partial charge in [0, 0.05) is 57.8 Å². The number of nitrogens with one attached hydrogen (secondary N) is 1. The smallest absolute Gasteiger partial charge is 0.367 e. The predicted molar refractivity (Wildman–Crippen MR) is 145 cm³/mol. The second kappa shape index (κ2) is 10.8. The molecule has 16 heteroatoms. The molecule has 0 bridgehead atoms. The first-order valence-electron chi connectivity index (χ1n) is 13.9. The van der Waals surface area contributed by atoms with Gasteiger partial charge in [-0.2, -0.15) is 17.5 Å². The van der Waals surface area contributed by atoms with Gasteiger partial charge in [-0.3, -0.25) is 24.5 Å². The minimum Gasteiger partial charge on any atom is -0.367 e. The van der Waals surface area contributed by atoms with E-state index in [1.165, 1.54) is 27.4 Å². The molecule has 2 saturated heterocycles. The van der Waals surface area contributed by atoms with E-state index in [4.69, 9.17) is 0 Å². The molecule has 0 radical (unpaired) electrons. The maximum atomic E-state index is 15.3. The molecule has 1 atom stereocenters. The van der Waals surface area contributed by atoms with Crippen molar-refractivity contribution in [3.8, 4) is 0 Å². The molecule has 0 aliphatic carbocycles. The Morgan fingerprint density at radius 3 is 2.30 bits per heavy atom. The number of hydrogen-bond acceptors (Lipinski definition) is 7. The third-order valence-corrected chi connectivity index (χ3v) is 10.4. The Morgan fingerprint density at radius 1 is 0.886 bits per heavy atom. The van der Waals surface area contributed by atoms with Crippen LogP contribution in [0.5, 0.6) is 0 Å². The zero-order valence-corrected chi connectivity index (χ0v) is 24.0. The van der Waals surface area contributed by atoms with E-state index in [0.29, 0.717) is 21.6 Å². The van der Waals surface area contributed by atoms with Crippen LogP contribution < -0.4 is 10.2 Å². The zero-order valence-electron chi connectivity index (χ0n) is 23.2. The number of halogens is 4. The number of hydrogen-bond donors (Lipinski definition) is 1. The fourth-order valence-corrected chi connectivity index (χ4v) is 7.66. The number of alkyl halides is 3. The second-order valence-electron chi connectivity index (χ2n) is 11.2. The van der Waals surface area contributed by atoms with Gasteiger partial charge < -0.3 is 14.7 Å². The number of fused-ring (bicyclic) bond motifs is 2. The van der Waals surface area contributed by atoms with Crippen LogP contribution in [0, 0.1) is 5.82 Å². The summed E-state index contributed by atoms with van der Waals surface area (Å²) in [4.78, 5) is 52.0. The number of imide groups is 1. The van der Waals surface area contributed by atoms with Gasteiger partial charge in [0.1, 0.15) is 11.9 Å². The van der Waals surface area contributed by atoms with Crippen LogP contribution in [0.2, 0.25) is 0 Å². The fraction of sp³-hybridized carbons (Fsp3) is 0.429. The van der Waals surface area contributed by atoms with Crippen molar-refractivity contribution < 1.29 is 45.2 Å². The van der Waals surface area contributed by atoms with Crippen molar-refractivity contribution in [3.05, 3.63) is 58.4 Å². The van der Waals surface area contributed by atoms with Crippen LogP contribution in [0.3, 0.4) is 0 Å². The molecule has 4 aliphatic rings. The van der Waals surface area contributed by atoms with Crippen molar-refractivity contribution in [3.63, 3.8) is 0 Å². The normalized spacial score (nSPS) is 21.3. The molecule has 2 aromatic carbocycles. The molecule has 4 amide bonds. The van der Waals surface area contributed by atoms with Crippen molar-refractivity contribution in [1.82, 2.24) is 19.4 Å². The summed E-state index contributed by atoms with van der Waals surface area (Å²) < 4.78 is 82.2. The van der Waals surface area contributed by atoms with Crippen molar-refractivity contribution in [2.75, 3.05) is 37.6 Å². The Balaban J connectivity index is 1.14. The lowest BCUT2D eigenvalue weighted by Crippen LogP contribution is -2.52. The standard InChI is InChI=1S/C28H27F4N5O6S/c29-21-13-20-18(15-37(26(20)40)22-3-4-24(38)33-25(22)39)12-23(21)34-7-9-36(10-8-34)44(42,43)19-2-1-16-5-6-35(14-17(16)11-19)27(41)28(30,31)32/h1-2,11-13,22H,3-10,14-15H2,(H,33,38,39). The molecule has 0 saturated carbocycles. The summed E-state index contributed by atoms with van der Waals surface area (Å²) in [6.07, 6.45) is -4.60. The van der Waals surface area contributed by atoms with Gasteiger partial charge in [-0.25, -0.2) is 12.8 Å². The third kappa shape index (κ3) is 5.29. The van der Waals surface area contributed by atoms with Gasteiger partial charge in [0.05, 0.1) is 10.6 Å². The van der Waals surface area contributed by atoms with Crippen LogP contribution in [0.4, 0.5) is 23.2 Å². The average molecular weight is 638 g/mol. The maximum Gasteiger partial charge on any atom is 0.471 e. The number of anilines is 1. The Hall–Kier alpha value is -4.05. The molecule has 0 spiro atoms. The number of piperidine rings is 1. The molecular formula is C28H27F4N5O6S. The lowest BCUT2D eigenvalue weighted by atomic mass is 10.00. The van der Waals surface area contributed by atoms with E-state index >= 15 is 4.39 Å². The molecular weight excluding hydrogens is 610 g/mol. The lowest BCUT2D eigenvalue weighted by Gasteiger charge is -2.36. The fourth-order valence-electron chi connectivity index (χ4n) is 6.18. The largest absolute Gasteiger partial charge is 0.471 e. The molecule has 6 rings (SSSR count). The van der Waals surface area contributed by atoms with Gasteiger partial charge >= 0.3 is 12.1 Å². The van der Waals surface area contributed by atoms with Crippen LogP contribution in [-0.2, 0) is 43.9 Å². The van der Waals surface area contributed by atoms with Crippen molar-refractivity contribution in [2.24, 2.45) is 0 Å². The maximum absolute atomic E-state index is 15.3. The highest BCUT2D eigenvalue weighted by Crippen LogP contribution is 2.34. The Kier molecular flexibility index (Phi) is 7.39. The predicted octanol–water partition coefficient (Wildman–Crippen LogP) is 1.54. The summed E-state index contributed by atoms with van der Waals surface area (Å²) in [5.74, 6) is -4.15. The molecule has 234 valence electrons. The molecule has 11 nitrogen and oxygen atoms in total. The zero-order chi connectivity index (χ0) is 31.6. The number of piperazine rings is 1. The first kappa shape index (κ1) is 30.0. The number of carbonyl (C=O) groups is 4. The number of amides is 4. The molecule has 2 fully saturated rings. The second-order valence-corrected chi connectivity index (χ2v) is 13.1. The van der Waals surface area contributed by atoms with Gasteiger partial charge in [-0.1, -0.05) is 6.07 Å².